The number of rotatable bonds is 12. The predicted octanol–water partition coefficient (Wildman–Crippen LogP) is 7.50. The Balaban J connectivity index is 1.41. The van der Waals surface area contributed by atoms with Crippen molar-refractivity contribution >= 4 is 29.5 Å². The number of piperidine rings is 1. The molecule has 4 heterocycles. The van der Waals surface area contributed by atoms with E-state index in [1.54, 1.807) is 42.4 Å². The van der Waals surface area contributed by atoms with Crippen molar-refractivity contribution in [2.45, 2.75) is 193 Å². The molecule has 5 aliphatic rings. The lowest BCUT2D eigenvalue weighted by Crippen LogP contribution is -2.61. The summed E-state index contributed by atoms with van der Waals surface area (Å²) in [7, 11) is 10.3. The second-order valence-corrected chi connectivity index (χ2v) is 24.0. The summed E-state index contributed by atoms with van der Waals surface area (Å²) in [6.07, 6.45) is 14.2. The Labute approximate surface area is 479 Å². The Morgan fingerprint density at radius 2 is 1.56 bits per heavy atom. The molecule has 18 nitrogen and oxygen atoms in total. The Hall–Kier alpha value is -3.85. The van der Waals surface area contributed by atoms with E-state index in [1.807, 2.05) is 51.2 Å². The van der Waals surface area contributed by atoms with Crippen LogP contribution < -0.4 is 5.32 Å². The molecule has 4 fully saturated rings. The SMILES string of the molecule is CN=C1[C@H](C)C[C@H](C)/C=C/C=C/C=C(\C)[C@@H](OC)C[C@@H]2CC[C@@H](C)[C@@](O)(O2)C(=O)C(=O)N2CCCC[C@H]2C(=O)O[C@H]([C@H](C)C[C@@H]2CC[C@@H](OC(=O)NCCCN3CCN(C)CC3)[C@H](OC)C2)C[C@@H](OC)[C@H](C)/C=C(\C)[C@@H](O)[C@H]1OC. The summed E-state index contributed by atoms with van der Waals surface area (Å²) in [6.45, 7) is 19.6. The lowest BCUT2D eigenvalue weighted by molar-refractivity contribution is -0.265. The van der Waals surface area contributed by atoms with Gasteiger partial charge >= 0.3 is 12.1 Å². The second-order valence-electron chi connectivity index (χ2n) is 24.0. The molecule has 16 atom stereocenters. The van der Waals surface area contributed by atoms with Gasteiger partial charge in [-0.15, -0.1) is 0 Å². The number of Topliss-reactive ketones (excluding diaryl/α,β-unsaturated/α-hetero) is 1. The molecule has 0 aromatic carbocycles. The van der Waals surface area contributed by atoms with Crippen molar-refractivity contribution in [3.63, 3.8) is 0 Å². The molecule has 0 aromatic rings. The number of alkyl carbamates (subject to hydrolysis) is 1. The maximum atomic E-state index is 14.8. The Morgan fingerprint density at radius 3 is 2.24 bits per heavy atom. The van der Waals surface area contributed by atoms with Gasteiger partial charge in [-0.3, -0.25) is 14.6 Å². The highest BCUT2D eigenvalue weighted by molar-refractivity contribution is 6.39. The monoisotopic (exact) mass is 1130 g/mol. The number of allylic oxidation sites excluding steroid dienone is 5. The van der Waals surface area contributed by atoms with Gasteiger partial charge in [-0.2, -0.15) is 0 Å². The summed E-state index contributed by atoms with van der Waals surface area (Å²) in [5.74, 6) is -6.01. The van der Waals surface area contributed by atoms with Gasteiger partial charge < -0.3 is 63.4 Å². The lowest BCUT2D eigenvalue weighted by atomic mass is 9.78. The number of carbonyl (C=O) groups excluding carboxylic acids is 4. The number of aliphatic imine (C=N–C) groups is 1. The first-order chi connectivity index (χ1) is 38.2. The van der Waals surface area contributed by atoms with Crippen molar-refractivity contribution in [2.24, 2.45) is 40.5 Å². The Morgan fingerprint density at radius 1 is 0.838 bits per heavy atom. The van der Waals surface area contributed by atoms with Crippen LogP contribution in [0.2, 0.25) is 0 Å². The Bertz CT molecular complexity index is 2130. The summed E-state index contributed by atoms with van der Waals surface area (Å²) < 4.78 is 43.0. The third kappa shape index (κ3) is 18.8. The van der Waals surface area contributed by atoms with Crippen molar-refractivity contribution in [1.82, 2.24) is 20.0 Å². The first kappa shape index (κ1) is 66.9. The topological polar surface area (TPSA) is 207 Å². The minimum Gasteiger partial charge on any atom is -0.460 e. The zero-order chi connectivity index (χ0) is 58.7. The van der Waals surface area contributed by atoms with Crippen LogP contribution in [0.4, 0.5) is 4.79 Å². The zero-order valence-corrected chi connectivity index (χ0v) is 50.9. The number of piperazine rings is 1. The van der Waals surface area contributed by atoms with Crippen molar-refractivity contribution in [3.05, 3.63) is 47.6 Å². The molecule has 18 heteroatoms. The number of amides is 2. The van der Waals surface area contributed by atoms with Crippen molar-refractivity contribution in [1.29, 1.82) is 0 Å². The molecule has 5 rings (SSSR count). The van der Waals surface area contributed by atoms with E-state index in [9.17, 15) is 29.4 Å². The van der Waals surface area contributed by atoms with Gasteiger partial charge in [0.25, 0.3) is 11.7 Å². The average molecular weight is 1130 g/mol. The highest BCUT2D eigenvalue weighted by Gasteiger charge is 2.53. The van der Waals surface area contributed by atoms with Crippen LogP contribution in [0.3, 0.4) is 0 Å². The number of ketones is 1. The first-order valence-electron chi connectivity index (χ1n) is 29.9. The average Bonchev–Trinajstić information content (AvgIpc) is 3.47. The summed E-state index contributed by atoms with van der Waals surface area (Å²) >= 11 is 0. The number of hydrogen-bond acceptors (Lipinski definition) is 16. The van der Waals surface area contributed by atoms with Crippen LogP contribution >= 0.6 is 0 Å². The molecule has 0 spiro atoms. The number of nitrogens with one attached hydrogen (secondary N) is 1. The molecule has 454 valence electrons. The molecule has 4 aliphatic heterocycles. The number of likely N-dealkylation sites (N-methyl/N-ethyl adjacent to an activating group) is 1. The van der Waals surface area contributed by atoms with Gasteiger partial charge in [-0.05, 0) is 133 Å². The highest BCUT2D eigenvalue weighted by atomic mass is 16.6. The fourth-order valence-electron chi connectivity index (χ4n) is 12.8. The number of esters is 1. The third-order valence-corrected chi connectivity index (χ3v) is 18.0. The third-order valence-electron chi connectivity index (χ3n) is 18.0. The maximum absolute atomic E-state index is 14.8. The van der Waals surface area contributed by atoms with Gasteiger partial charge in [0.15, 0.2) is 0 Å². The molecule has 0 aromatic heterocycles. The van der Waals surface area contributed by atoms with Crippen LogP contribution in [0.25, 0.3) is 0 Å². The van der Waals surface area contributed by atoms with Crippen molar-refractivity contribution < 1.29 is 62.5 Å². The van der Waals surface area contributed by atoms with Crippen LogP contribution in [-0.2, 0) is 47.5 Å². The van der Waals surface area contributed by atoms with Crippen LogP contribution in [0, 0.1) is 35.5 Å². The number of fused-ring (bicyclic) bond motifs is 3. The maximum Gasteiger partial charge on any atom is 0.407 e. The number of methoxy groups -OCH3 is 4. The van der Waals surface area contributed by atoms with Gasteiger partial charge in [0.2, 0.25) is 5.79 Å². The second kappa shape index (κ2) is 32.9. The van der Waals surface area contributed by atoms with Gasteiger partial charge in [-0.25, -0.2) is 9.59 Å². The van der Waals surface area contributed by atoms with E-state index >= 15 is 0 Å². The number of cyclic esters (lactones) is 1. The van der Waals surface area contributed by atoms with E-state index in [4.69, 9.17) is 33.2 Å². The van der Waals surface area contributed by atoms with Crippen LogP contribution in [0.5, 0.6) is 0 Å². The van der Waals surface area contributed by atoms with E-state index in [0.29, 0.717) is 63.5 Å². The number of ether oxygens (including phenoxy) is 7. The van der Waals surface area contributed by atoms with Crippen molar-refractivity contribution in [2.75, 3.05) is 88.3 Å². The molecule has 1 aliphatic carbocycles. The molecule has 2 bridgehead atoms. The minimum absolute atomic E-state index is 0.0142. The summed E-state index contributed by atoms with van der Waals surface area (Å²) in [6, 6.07) is -1.08. The molecule has 3 N–H and O–H groups in total. The van der Waals surface area contributed by atoms with Gasteiger partial charge in [-0.1, -0.05) is 71.1 Å². The molecule has 2 amide bonds. The molecule has 0 radical (unpaired) electrons. The summed E-state index contributed by atoms with van der Waals surface area (Å²) in [5, 5.41) is 27.0. The number of nitrogens with zero attached hydrogens (tertiary/aromatic N) is 4. The van der Waals surface area contributed by atoms with Crippen molar-refractivity contribution in [3.8, 4) is 0 Å². The smallest absolute Gasteiger partial charge is 0.407 e. The molecule has 80 heavy (non-hydrogen) atoms. The molecular weight excluding hydrogens is 1020 g/mol. The van der Waals surface area contributed by atoms with Gasteiger partial charge in [0.05, 0.1) is 24.4 Å². The van der Waals surface area contributed by atoms with Crippen LogP contribution in [0.15, 0.2) is 52.6 Å². The number of aliphatic hydroxyl groups excluding tert-OH is 1. The van der Waals surface area contributed by atoms with Crippen LogP contribution in [-0.4, -0.2) is 203 Å². The number of hydrogen-bond donors (Lipinski definition) is 3. The van der Waals surface area contributed by atoms with E-state index in [-0.39, 0.29) is 55.1 Å². The first-order valence-corrected chi connectivity index (χ1v) is 29.9. The predicted molar refractivity (Wildman–Crippen MR) is 310 cm³/mol. The molecular formula is C62H103N5O13. The fourth-order valence-corrected chi connectivity index (χ4v) is 12.8. The molecule has 3 saturated heterocycles. The number of aliphatic hydroxyl groups is 2. The quantitative estimate of drug-likeness (QED) is 0.0749. The summed E-state index contributed by atoms with van der Waals surface area (Å²) in [5.41, 5.74) is 2.35. The van der Waals surface area contributed by atoms with E-state index in [1.165, 1.54) is 4.90 Å². The number of carbonyl (C=O) groups is 4. The van der Waals surface area contributed by atoms with Gasteiger partial charge in [0, 0.05) is 105 Å². The zero-order valence-electron chi connectivity index (χ0n) is 50.9. The lowest BCUT2D eigenvalue weighted by Gasteiger charge is -2.43. The summed E-state index contributed by atoms with van der Waals surface area (Å²) in [4.78, 5) is 67.6. The molecule has 0 unspecified atom stereocenters. The minimum atomic E-state index is -2.41. The normalized spacial score (nSPS) is 38.0. The van der Waals surface area contributed by atoms with E-state index in [0.717, 1.165) is 63.3 Å². The highest BCUT2D eigenvalue weighted by Crippen LogP contribution is 2.38. The standard InChI is InChI=1S/C62H103N5O13/c1-40-20-15-14-16-21-41(2)51(74-10)38-48-25-23-46(7)62(73,80-48)58(69)59(70)67-29-18-17-22-49(67)60(71)78-53(39-52(75-11)42(3)35-45(6)56(68)57(77-13)55(63-8)44(5)34-40)43(4)36-47-24-26-50(54(37-47)76-12)79-61(72)64-27-19-28-66-32-30-65(9)31-33-66/h14-16,20-21,35,40,42-44,46-54,56-57,68,73H,17-19,22-34,36-39H2,1-13H3,(H,64,72)/b16-14+,20-15+,41-21+,45-35+,63-55?/t40-,42-,43-,44-,46-,47+,48+,49+,50-,51+,52-,53+,54-,56-,57+,62-/m1/s1. The van der Waals surface area contributed by atoms with Gasteiger partial charge in [0.1, 0.15) is 30.5 Å². The van der Waals surface area contributed by atoms with E-state index in [2.05, 4.69) is 54.0 Å². The largest absolute Gasteiger partial charge is 0.460 e. The molecule has 1 saturated carbocycles. The van der Waals surface area contributed by atoms with Crippen LogP contribution in [0.1, 0.15) is 132 Å². The Kier molecular flexibility index (Phi) is 27.5. The van der Waals surface area contributed by atoms with E-state index < -0.39 is 84.2 Å². The fraction of sp³-hybridized carbons (Fsp3) is 0.790.